The zero-order valence-electron chi connectivity index (χ0n) is 13.9. The van der Waals surface area contributed by atoms with Crippen molar-refractivity contribution in [1.82, 2.24) is 25.1 Å². The molecule has 2 N–H and O–H groups in total. The molecule has 24 heavy (non-hydrogen) atoms. The van der Waals surface area contributed by atoms with Crippen molar-refractivity contribution in [2.75, 3.05) is 31.6 Å². The van der Waals surface area contributed by atoms with Crippen LogP contribution in [0.5, 0.6) is 0 Å². The van der Waals surface area contributed by atoms with Crippen LogP contribution in [-0.2, 0) is 9.53 Å². The van der Waals surface area contributed by atoms with Crippen LogP contribution in [0.2, 0.25) is 0 Å². The van der Waals surface area contributed by atoms with Gasteiger partial charge >= 0.3 is 0 Å². The third-order valence-corrected chi connectivity index (χ3v) is 3.80. The molecule has 2 aromatic heterocycles. The van der Waals surface area contributed by atoms with Gasteiger partial charge in [-0.3, -0.25) is 19.8 Å². The van der Waals surface area contributed by atoms with Gasteiger partial charge in [-0.05, 0) is 12.1 Å². The summed E-state index contributed by atoms with van der Waals surface area (Å²) in [5.41, 5.74) is 0.698. The van der Waals surface area contributed by atoms with Gasteiger partial charge < -0.3 is 10.1 Å². The highest BCUT2D eigenvalue weighted by Gasteiger charge is 2.26. The second-order valence-electron chi connectivity index (χ2n) is 6.12. The van der Waals surface area contributed by atoms with Gasteiger partial charge in [0, 0.05) is 25.2 Å². The number of morpholine rings is 1. The molecule has 3 rings (SSSR count). The number of amides is 1. The van der Waals surface area contributed by atoms with Gasteiger partial charge in [-0.2, -0.15) is 5.10 Å². The number of aromatic amines is 1. The number of nitrogens with one attached hydrogen (secondary N) is 2. The Bertz CT molecular complexity index is 672. The normalized spacial score (nSPS) is 18.7. The number of nitrogens with zero attached hydrogens (tertiary/aromatic N) is 4. The minimum Gasteiger partial charge on any atom is -0.368 e. The fraction of sp³-hybridized carbons (Fsp3) is 0.500. The molecule has 8 nitrogen and oxygen atoms in total. The van der Waals surface area contributed by atoms with Crippen molar-refractivity contribution in [2.24, 2.45) is 0 Å². The van der Waals surface area contributed by atoms with E-state index in [1.807, 2.05) is 19.9 Å². The summed E-state index contributed by atoms with van der Waals surface area (Å²) in [5.74, 6) is 1.69. The number of ether oxygens (including phenoxy) is 1. The molecule has 1 amide bonds. The van der Waals surface area contributed by atoms with E-state index >= 15 is 0 Å². The van der Waals surface area contributed by atoms with Crippen molar-refractivity contribution in [3.63, 3.8) is 0 Å². The number of hydrogen-bond donors (Lipinski definition) is 2. The van der Waals surface area contributed by atoms with Crippen molar-refractivity contribution in [3.05, 3.63) is 36.2 Å². The Balaban J connectivity index is 1.56. The molecule has 0 spiro atoms. The second-order valence-corrected chi connectivity index (χ2v) is 6.12. The molecule has 0 saturated carbocycles. The molecule has 0 radical (unpaired) electrons. The lowest BCUT2D eigenvalue weighted by Crippen LogP contribution is -2.42. The van der Waals surface area contributed by atoms with Crippen LogP contribution < -0.4 is 5.32 Å². The van der Waals surface area contributed by atoms with Gasteiger partial charge in [0.15, 0.2) is 11.6 Å². The summed E-state index contributed by atoms with van der Waals surface area (Å²) in [6.07, 6.45) is 3.11. The van der Waals surface area contributed by atoms with Crippen LogP contribution in [0.4, 0.5) is 5.69 Å². The van der Waals surface area contributed by atoms with Crippen molar-refractivity contribution < 1.29 is 9.53 Å². The van der Waals surface area contributed by atoms with Crippen LogP contribution in [0.1, 0.15) is 37.5 Å². The first-order chi connectivity index (χ1) is 11.6. The number of aromatic nitrogens is 4. The molecule has 1 aliphatic heterocycles. The Morgan fingerprint density at radius 2 is 2.42 bits per heavy atom. The highest BCUT2D eigenvalue weighted by Crippen LogP contribution is 2.20. The Hall–Kier alpha value is -2.32. The highest BCUT2D eigenvalue weighted by atomic mass is 16.5. The Morgan fingerprint density at radius 3 is 3.12 bits per heavy atom. The molecule has 1 fully saturated rings. The molecule has 1 unspecified atom stereocenters. The maximum absolute atomic E-state index is 12.2. The molecular formula is C16H22N6O2. The third-order valence-electron chi connectivity index (χ3n) is 3.80. The molecule has 1 saturated heterocycles. The molecule has 3 heterocycles. The van der Waals surface area contributed by atoms with Gasteiger partial charge in [-0.25, -0.2) is 4.98 Å². The van der Waals surface area contributed by atoms with Crippen LogP contribution >= 0.6 is 0 Å². The average molecular weight is 330 g/mol. The number of pyridine rings is 1. The lowest BCUT2D eigenvalue weighted by molar-refractivity contribution is -0.119. The number of carbonyl (C=O) groups is 1. The van der Waals surface area contributed by atoms with E-state index in [0.717, 1.165) is 11.6 Å². The maximum Gasteiger partial charge on any atom is 0.238 e. The van der Waals surface area contributed by atoms with Crippen molar-refractivity contribution in [3.8, 4) is 0 Å². The number of H-pyrrole nitrogens is 1. The fourth-order valence-corrected chi connectivity index (χ4v) is 2.54. The molecule has 2 aromatic rings. The highest BCUT2D eigenvalue weighted by molar-refractivity contribution is 5.92. The van der Waals surface area contributed by atoms with E-state index in [2.05, 4.69) is 30.4 Å². The quantitative estimate of drug-likeness (QED) is 0.859. The number of carbonyl (C=O) groups excluding carboxylic acids is 1. The predicted octanol–water partition coefficient (Wildman–Crippen LogP) is 1.34. The van der Waals surface area contributed by atoms with Gasteiger partial charge in [0.2, 0.25) is 5.91 Å². The van der Waals surface area contributed by atoms with Gasteiger partial charge in [-0.1, -0.05) is 13.8 Å². The first-order valence-corrected chi connectivity index (χ1v) is 8.08. The topological polar surface area (TPSA) is 96.0 Å². The number of hydrogen-bond acceptors (Lipinski definition) is 6. The van der Waals surface area contributed by atoms with Crippen LogP contribution in [0.15, 0.2) is 24.5 Å². The van der Waals surface area contributed by atoms with E-state index < -0.39 is 0 Å². The third kappa shape index (κ3) is 4.15. The summed E-state index contributed by atoms with van der Waals surface area (Å²) in [4.78, 5) is 22.7. The first-order valence-electron chi connectivity index (χ1n) is 8.08. The summed E-state index contributed by atoms with van der Waals surface area (Å²) in [6.45, 7) is 6.27. The van der Waals surface area contributed by atoms with E-state index in [1.165, 1.54) is 0 Å². The lowest BCUT2D eigenvalue weighted by Gasteiger charge is -2.31. The summed E-state index contributed by atoms with van der Waals surface area (Å²) in [7, 11) is 0. The number of anilines is 1. The van der Waals surface area contributed by atoms with E-state index in [1.54, 1.807) is 18.5 Å². The zero-order valence-corrected chi connectivity index (χ0v) is 13.9. The summed E-state index contributed by atoms with van der Waals surface area (Å²) >= 11 is 0. The minimum atomic E-state index is -0.190. The van der Waals surface area contributed by atoms with Gasteiger partial charge in [-0.15, -0.1) is 0 Å². The summed E-state index contributed by atoms with van der Waals surface area (Å²) in [6, 6.07) is 3.60. The average Bonchev–Trinajstić information content (AvgIpc) is 3.06. The molecule has 1 atom stereocenters. The lowest BCUT2D eigenvalue weighted by atomic mass is 10.2. The Labute approximate surface area is 140 Å². The van der Waals surface area contributed by atoms with E-state index in [-0.39, 0.29) is 17.9 Å². The smallest absolute Gasteiger partial charge is 0.238 e. The molecule has 128 valence electrons. The summed E-state index contributed by atoms with van der Waals surface area (Å²) < 4.78 is 5.77. The van der Waals surface area contributed by atoms with Gasteiger partial charge in [0.05, 0.1) is 25.0 Å². The monoisotopic (exact) mass is 330 g/mol. The van der Waals surface area contributed by atoms with E-state index in [4.69, 9.17) is 4.74 Å². The molecule has 1 aliphatic rings. The van der Waals surface area contributed by atoms with Gasteiger partial charge in [0.25, 0.3) is 0 Å². The van der Waals surface area contributed by atoms with Crippen LogP contribution in [0, 0.1) is 0 Å². The maximum atomic E-state index is 12.2. The standard InChI is InChI=1S/C16H22N6O2/c1-11(2)15-19-16(21-20-15)13-9-22(6-7-24-13)10-14(23)18-12-4-3-5-17-8-12/h3-5,8,11,13H,6-7,9-10H2,1-2H3,(H,18,23)(H,19,20,21). The summed E-state index contributed by atoms with van der Waals surface area (Å²) in [5, 5.41) is 10.0. The van der Waals surface area contributed by atoms with Crippen LogP contribution in [0.25, 0.3) is 0 Å². The molecule has 0 bridgehead atoms. The number of rotatable bonds is 5. The SMILES string of the molecule is CC(C)c1n[nH]c(C2CN(CC(=O)Nc3cccnc3)CCO2)n1. The first kappa shape index (κ1) is 16.5. The Kier molecular flexibility index (Phi) is 5.17. The van der Waals surface area contributed by atoms with E-state index in [0.29, 0.717) is 31.9 Å². The molecule has 0 aliphatic carbocycles. The largest absolute Gasteiger partial charge is 0.368 e. The molecule has 8 heteroatoms. The molecular weight excluding hydrogens is 308 g/mol. The zero-order chi connectivity index (χ0) is 16.9. The van der Waals surface area contributed by atoms with Crippen LogP contribution in [-0.4, -0.2) is 57.2 Å². The fourth-order valence-electron chi connectivity index (χ4n) is 2.54. The Morgan fingerprint density at radius 1 is 1.54 bits per heavy atom. The van der Waals surface area contributed by atoms with Gasteiger partial charge in [0.1, 0.15) is 6.10 Å². The van der Waals surface area contributed by atoms with Crippen molar-refractivity contribution in [2.45, 2.75) is 25.9 Å². The minimum absolute atomic E-state index is 0.0657. The van der Waals surface area contributed by atoms with Crippen LogP contribution in [0.3, 0.4) is 0 Å². The second kappa shape index (κ2) is 7.50. The van der Waals surface area contributed by atoms with Crippen molar-refractivity contribution >= 4 is 11.6 Å². The van der Waals surface area contributed by atoms with Crippen molar-refractivity contribution in [1.29, 1.82) is 0 Å². The van der Waals surface area contributed by atoms with E-state index in [9.17, 15) is 4.79 Å². The molecule has 0 aromatic carbocycles. The predicted molar refractivity (Wildman–Crippen MR) is 88.5 cm³/mol.